The third-order valence-electron chi connectivity index (χ3n) is 2.86. The molecule has 0 atom stereocenters. The van der Waals surface area contributed by atoms with Crippen molar-refractivity contribution >= 4 is 11.7 Å². The zero-order valence-electron chi connectivity index (χ0n) is 9.61. The second-order valence-corrected chi connectivity index (χ2v) is 4.34. The van der Waals surface area contributed by atoms with Crippen LogP contribution in [-0.4, -0.2) is 23.4 Å². The van der Waals surface area contributed by atoms with E-state index >= 15 is 0 Å². The largest absolute Gasteiger partial charge is 0.388 e. The van der Waals surface area contributed by atoms with Crippen molar-refractivity contribution in [1.82, 2.24) is 4.98 Å². The normalized spacial score (nSPS) is 14.8. The fourth-order valence-corrected chi connectivity index (χ4v) is 1.87. The average molecular weight is 218 g/mol. The fraction of sp³-hybridized carbons (Fsp3) is 0.500. The SMILES string of the molecule is Cc1cccnc1N(CCC(=N)N)C1CC1. The minimum Gasteiger partial charge on any atom is -0.388 e. The number of nitrogens with one attached hydrogen (secondary N) is 1. The maximum Gasteiger partial charge on any atom is 0.131 e. The van der Waals surface area contributed by atoms with Gasteiger partial charge < -0.3 is 10.6 Å². The molecule has 0 bridgehead atoms. The molecule has 4 nitrogen and oxygen atoms in total. The maximum absolute atomic E-state index is 7.30. The molecule has 3 N–H and O–H groups in total. The topological polar surface area (TPSA) is 66.0 Å². The Labute approximate surface area is 96.0 Å². The highest BCUT2D eigenvalue weighted by Gasteiger charge is 2.30. The Morgan fingerprint density at radius 2 is 2.38 bits per heavy atom. The lowest BCUT2D eigenvalue weighted by Crippen LogP contribution is -2.31. The van der Waals surface area contributed by atoms with Crippen molar-refractivity contribution in [1.29, 1.82) is 5.41 Å². The third-order valence-corrected chi connectivity index (χ3v) is 2.86. The fourth-order valence-electron chi connectivity index (χ4n) is 1.87. The van der Waals surface area contributed by atoms with E-state index in [-0.39, 0.29) is 5.84 Å². The summed E-state index contributed by atoms with van der Waals surface area (Å²) in [7, 11) is 0. The van der Waals surface area contributed by atoms with E-state index in [0.717, 1.165) is 12.4 Å². The van der Waals surface area contributed by atoms with Crippen molar-refractivity contribution in [2.75, 3.05) is 11.4 Å². The number of hydrogen-bond acceptors (Lipinski definition) is 3. The van der Waals surface area contributed by atoms with Gasteiger partial charge in [0.05, 0.1) is 5.84 Å². The lowest BCUT2D eigenvalue weighted by molar-refractivity contribution is 0.778. The molecule has 2 rings (SSSR count). The van der Waals surface area contributed by atoms with Gasteiger partial charge in [-0.1, -0.05) is 6.07 Å². The molecule has 16 heavy (non-hydrogen) atoms. The number of nitrogens with zero attached hydrogens (tertiary/aromatic N) is 2. The summed E-state index contributed by atoms with van der Waals surface area (Å²) in [4.78, 5) is 6.72. The molecule has 0 amide bonds. The van der Waals surface area contributed by atoms with Crippen LogP contribution >= 0.6 is 0 Å². The van der Waals surface area contributed by atoms with E-state index in [0.29, 0.717) is 12.5 Å². The molecule has 86 valence electrons. The lowest BCUT2D eigenvalue weighted by atomic mass is 10.2. The second-order valence-electron chi connectivity index (χ2n) is 4.34. The van der Waals surface area contributed by atoms with Crippen LogP contribution in [-0.2, 0) is 0 Å². The van der Waals surface area contributed by atoms with E-state index in [9.17, 15) is 0 Å². The van der Waals surface area contributed by atoms with Gasteiger partial charge in [0.25, 0.3) is 0 Å². The molecule has 4 heteroatoms. The molecule has 0 saturated heterocycles. The van der Waals surface area contributed by atoms with E-state index in [1.165, 1.54) is 18.4 Å². The first kappa shape index (κ1) is 10.9. The molecule has 0 aliphatic heterocycles. The van der Waals surface area contributed by atoms with Crippen LogP contribution in [0.1, 0.15) is 24.8 Å². The first-order chi connectivity index (χ1) is 7.68. The zero-order valence-corrected chi connectivity index (χ0v) is 9.61. The number of amidine groups is 1. The highest BCUT2D eigenvalue weighted by molar-refractivity contribution is 5.77. The molecule has 1 aliphatic rings. The number of nitrogens with two attached hydrogens (primary N) is 1. The minimum absolute atomic E-state index is 0.249. The zero-order chi connectivity index (χ0) is 11.5. The molecule has 1 fully saturated rings. The summed E-state index contributed by atoms with van der Waals surface area (Å²) in [6.45, 7) is 2.88. The maximum atomic E-state index is 7.30. The molecule has 0 aromatic carbocycles. The molecule has 1 aromatic rings. The van der Waals surface area contributed by atoms with Crippen molar-refractivity contribution < 1.29 is 0 Å². The predicted molar refractivity (Wildman–Crippen MR) is 65.9 cm³/mol. The van der Waals surface area contributed by atoms with E-state index in [1.54, 1.807) is 0 Å². The number of pyridine rings is 1. The summed E-state index contributed by atoms with van der Waals surface area (Å²) in [5, 5.41) is 7.30. The van der Waals surface area contributed by atoms with Gasteiger partial charge >= 0.3 is 0 Å². The van der Waals surface area contributed by atoms with Gasteiger partial charge in [0, 0.05) is 25.2 Å². The van der Waals surface area contributed by atoms with Gasteiger partial charge in [-0.15, -0.1) is 0 Å². The van der Waals surface area contributed by atoms with Crippen molar-refractivity contribution in [2.24, 2.45) is 5.73 Å². The van der Waals surface area contributed by atoms with Crippen molar-refractivity contribution in [3.8, 4) is 0 Å². The third kappa shape index (κ3) is 2.51. The Morgan fingerprint density at radius 1 is 1.62 bits per heavy atom. The lowest BCUT2D eigenvalue weighted by Gasteiger charge is -2.24. The molecule has 0 spiro atoms. The number of hydrogen-bond donors (Lipinski definition) is 2. The summed E-state index contributed by atoms with van der Waals surface area (Å²) >= 11 is 0. The van der Waals surface area contributed by atoms with Crippen LogP contribution in [0.25, 0.3) is 0 Å². The van der Waals surface area contributed by atoms with Gasteiger partial charge in [-0.2, -0.15) is 0 Å². The average Bonchev–Trinajstić information content (AvgIpc) is 3.04. The number of aromatic nitrogens is 1. The number of anilines is 1. The molecular formula is C12H18N4. The van der Waals surface area contributed by atoms with Crippen LogP contribution in [0.4, 0.5) is 5.82 Å². The highest BCUT2D eigenvalue weighted by atomic mass is 15.2. The Balaban J connectivity index is 2.12. The van der Waals surface area contributed by atoms with Gasteiger partial charge in [0.15, 0.2) is 0 Å². The van der Waals surface area contributed by atoms with Crippen LogP contribution in [0, 0.1) is 12.3 Å². The molecule has 1 aromatic heterocycles. The quantitative estimate of drug-likeness (QED) is 0.583. The number of aryl methyl sites for hydroxylation is 1. The van der Waals surface area contributed by atoms with Gasteiger partial charge in [-0.05, 0) is 31.4 Å². The Bertz CT molecular complexity index is 384. The molecular weight excluding hydrogens is 200 g/mol. The van der Waals surface area contributed by atoms with Crippen molar-refractivity contribution in [3.05, 3.63) is 23.9 Å². The van der Waals surface area contributed by atoms with Crippen LogP contribution in [0.5, 0.6) is 0 Å². The van der Waals surface area contributed by atoms with Crippen molar-refractivity contribution in [3.63, 3.8) is 0 Å². The standard InChI is InChI=1S/C12H18N4/c1-9-3-2-7-15-12(9)16(10-4-5-10)8-6-11(13)14/h2-3,7,10H,4-6,8H2,1H3,(H3,13,14). The van der Waals surface area contributed by atoms with Crippen LogP contribution in [0.3, 0.4) is 0 Å². The highest BCUT2D eigenvalue weighted by Crippen LogP contribution is 2.31. The smallest absolute Gasteiger partial charge is 0.131 e. The second kappa shape index (κ2) is 4.51. The Kier molecular flexibility index (Phi) is 3.08. The molecule has 1 aliphatic carbocycles. The first-order valence-electron chi connectivity index (χ1n) is 5.69. The van der Waals surface area contributed by atoms with Gasteiger partial charge in [0.1, 0.15) is 5.82 Å². The first-order valence-corrected chi connectivity index (χ1v) is 5.69. The molecule has 1 heterocycles. The summed E-state index contributed by atoms with van der Waals surface area (Å²) in [6.07, 6.45) is 4.90. The minimum atomic E-state index is 0.249. The van der Waals surface area contributed by atoms with Crippen LogP contribution in [0.2, 0.25) is 0 Å². The van der Waals surface area contributed by atoms with Crippen molar-refractivity contribution in [2.45, 2.75) is 32.2 Å². The van der Waals surface area contributed by atoms with E-state index in [4.69, 9.17) is 11.1 Å². The van der Waals surface area contributed by atoms with E-state index in [2.05, 4.69) is 22.9 Å². The van der Waals surface area contributed by atoms with Gasteiger partial charge in [-0.3, -0.25) is 5.41 Å². The Hall–Kier alpha value is -1.58. The summed E-state index contributed by atoms with van der Waals surface area (Å²) < 4.78 is 0. The summed E-state index contributed by atoms with van der Waals surface area (Å²) in [5.74, 6) is 1.30. The molecule has 1 saturated carbocycles. The summed E-state index contributed by atoms with van der Waals surface area (Å²) in [6, 6.07) is 4.63. The van der Waals surface area contributed by atoms with Crippen LogP contribution in [0.15, 0.2) is 18.3 Å². The number of rotatable bonds is 5. The molecule has 0 unspecified atom stereocenters. The van der Waals surface area contributed by atoms with Crippen LogP contribution < -0.4 is 10.6 Å². The Morgan fingerprint density at radius 3 is 2.94 bits per heavy atom. The molecule has 0 radical (unpaired) electrons. The van der Waals surface area contributed by atoms with Gasteiger partial charge in [0.2, 0.25) is 0 Å². The monoisotopic (exact) mass is 218 g/mol. The predicted octanol–water partition coefficient (Wildman–Crippen LogP) is 1.68. The summed E-state index contributed by atoms with van der Waals surface area (Å²) in [5.41, 5.74) is 6.61. The van der Waals surface area contributed by atoms with Gasteiger partial charge in [-0.25, -0.2) is 4.98 Å². The van der Waals surface area contributed by atoms with E-state index < -0.39 is 0 Å². The van der Waals surface area contributed by atoms with E-state index in [1.807, 2.05) is 12.3 Å².